The van der Waals surface area contributed by atoms with Crippen molar-refractivity contribution in [2.45, 2.75) is 0 Å². The van der Waals surface area contributed by atoms with Gasteiger partial charge < -0.3 is 19.7 Å². The fourth-order valence-electron chi connectivity index (χ4n) is 1.99. The molecule has 5 nitrogen and oxygen atoms in total. The molecule has 0 atom stereocenters. The molecule has 20 heavy (non-hydrogen) atoms. The lowest BCUT2D eigenvalue weighted by Crippen LogP contribution is -2.02. The van der Waals surface area contributed by atoms with Gasteiger partial charge in [0.1, 0.15) is 11.3 Å². The Morgan fingerprint density at radius 3 is 2.20 bits per heavy atom. The molecule has 0 amide bonds. The molecule has 0 radical (unpaired) electrons. The number of hydrogen-bond acceptors (Lipinski definition) is 5. The normalized spacial score (nSPS) is 10.8. The fraction of sp³-hybridized carbons (Fsp3) is 0. The summed E-state index contributed by atoms with van der Waals surface area (Å²) in [6.07, 6.45) is 0. The third-order valence-electron chi connectivity index (χ3n) is 3.01. The minimum atomic E-state index is -0.562. The van der Waals surface area contributed by atoms with Crippen LogP contribution in [0.5, 0.6) is 17.2 Å². The molecule has 5 heteroatoms. The van der Waals surface area contributed by atoms with Crippen LogP contribution in [0.25, 0.3) is 22.1 Å². The maximum atomic E-state index is 11.9. The first kappa shape index (κ1) is 12.1. The average Bonchev–Trinajstić information content (AvgIpc) is 2.41. The molecule has 0 bridgehead atoms. The lowest BCUT2D eigenvalue weighted by Gasteiger charge is -2.04. The molecular weight excluding hydrogens is 260 g/mol. The Bertz CT molecular complexity index is 847. The summed E-state index contributed by atoms with van der Waals surface area (Å²) in [7, 11) is 0. The van der Waals surface area contributed by atoms with Crippen molar-refractivity contribution in [1.29, 1.82) is 0 Å². The van der Waals surface area contributed by atoms with Crippen LogP contribution in [0.15, 0.2) is 51.7 Å². The number of fused-ring (bicyclic) bond motifs is 1. The number of phenolic OH excluding ortho intramolecular Hbond substituents is 3. The monoisotopic (exact) mass is 270 g/mol. The summed E-state index contributed by atoms with van der Waals surface area (Å²) >= 11 is 0. The van der Waals surface area contributed by atoms with E-state index in [1.165, 1.54) is 24.3 Å². The fourth-order valence-corrected chi connectivity index (χ4v) is 1.99. The zero-order valence-electron chi connectivity index (χ0n) is 10.2. The highest BCUT2D eigenvalue weighted by molar-refractivity contribution is 5.84. The van der Waals surface area contributed by atoms with Crippen molar-refractivity contribution in [3.63, 3.8) is 0 Å². The summed E-state index contributed by atoms with van der Waals surface area (Å²) in [6, 6.07) is 10.2. The third-order valence-corrected chi connectivity index (χ3v) is 3.01. The van der Waals surface area contributed by atoms with E-state index in [9.17, 15) is 20.1 Å². The first-order valence-electron chi connectivity index (χ1n) is 5.84. The molecule has 1 heterocycles. The minimum Gasteiger partial charge on any atom is -0.508 e. The topological polar surface area (TPSA) is 90.9 Å². The molecule has 0 saturated carbocycles. The first-order chi connectivity index (χ1) is 9.54. The number of phenols is 3. The highest BCUT2D eigenvalue weighted by Crippen LogP contribution is 2.31. The van der Waals surface area contributed by atoms with Crippen molar-refractivity contribution in [1.82, 2.24) is 0 Å². The summed E-state index contributed by atoms with van der Waals surface area (Å²) in [4.78, 5) is 11.9. The van der Waals surface area contributed by atoms with Gasteiger partial charge in [-0.3, -0.25) is 0 Å². The van der Waals surface area contributed by atoms with Gasteiger partial charge in [-0.1, -0.05) is 12.1 Å². The Labute approximate surface area is 113 Å². The lowest BCUT2D eigenvalue weighted by molar-refractivity contribution is 0.403. The maximum Gasteiger partial charge on any atom is 0.344 e. The quantitative estimate of drug-likeness (QED) is 0.467. The van der Waals surface area contributed by atoms with Gasteiger partial charge in [0.15, 0.2) is 11.5 Å². The summed E-state index contributed by atoms with van der Waals surface area (Å²) in [5.41, 5.74) is 0.523. The molecule has 100 valence electrons. The van der Waals surface area contributed by atoms with Crippen molar-refractivity contribution in [2.75, 3.05) is 0 Å². The molecule has 0 spiro atoms. The lowest BCUT2D eigenvalue weighted by atomic mass is 10.1. The van der Waals surface area contributed by atoms with E-state index in [-0.39, 0.29) is 22.8 Å². The molecule has 0 aliphatic carbocycles. The van der Waals surface area contributed by atoms with Gasteiger partial charge in [0.25, 0.3) is 0 Å². The summed E-state index contributed by atoms with van der Waals surface area (Å²) < 4.78 is 5.12. The second-order valence-corrected chi connectivity index (χ2v) is 4.37. The Morgan fingerprint density at radius 2 is 1.50 bits per heavy atom. The predicted octanol–water partition coefficient (Wildman–Crippen LogP) is 2.58. The zero-order valence-corrected chi connectivity index (χ0v) is 10.2. The van der Waals surface area contributed by atoms with Crippen molar-refractivity contribution in [3.8, 4) is 28.4 Å². The highest BCUT2D eigenvalue weighted by Gasteiger charge is 2.10. The number of aromatic hydroxyl groups is 3. The maximum absolute atomic E-state index is 11.9. The second-order valence-electron chi connectivity index (χ2n) is 4.37. The first-order valence-corrected chi connectivity index (χ1v) is 5.84. The van der Waals surface area contributed by atoms with Crippen molar-refractivity contribution >= 4 is 11.0 Å². The van der Waals surface area contributed by atoms with E-state index in [2.05, 4.69) is 0 Å². The van der Waals surface area contributed by atoms with Crippen molar-refractivity contribution in [3.05, 3.63) is 52.9 Å². The van der Waals surface area contributed by atoms with Crippen LogP contribution in [0.3, 0.4) is 0 Å². The molecule has 2 aromatic carbocycles. The number of rotatable bonds is 1. The summed E-state index contributed by atoms with van der Waals surface area (Å²) in [5.74, 6) is -0.539. The van der Waals surface area contributed by atoms with E-state index >= 15 is 0 Å². The SMILES string of the molecule is O=c1oc2cc(O)c(O)cc2cc1-c1ccc(O)cc1. The van der Waals surface area contributed by atoms with Crippen LogP contribution in [-0.4, -0.2) is 15.3 Å². The van der Waals surface area contributed by atoms with Crippen molar-refractivity contribution in [2.24, 2.45) is 0 Å². The van der Waals surface area contributed by atoms with Gasteiger partial charge >= 0.3 is 5.63 Å². The van der Waals surface area contributed by atoms with Crippen LogP contribution in [0.1, 0.15) is 0 Å². The zero-order chi connectivity index (χ0) is 14.3. The van der Waals surface area contributed by atoms with Crippen molar-refractivity contribution < 1.29 is 19.7 Å². The molecule has 0 aliphatic heterocycles. The van der Waals surface area contributed by atoms with E-state index < -0.39 is 5.63 Å². The highest BCUT2D eigenvalue weighted by atomic mass is 16.4. The Kier molecular flexibility index (Phi) is 2.61. The van der Waals surface area contributed by atoms with Gasteiger partial charge in [-0.05, 0) is 29.8 Å². The van der Waals surface area contributed by atoms with Gasteiger partial charge in [0.2, 0.25) is 0 Å². The predicted molar refractivity (Wildman–Crippen MR) is 72.9 cm³/mol. The average molecular weight is 270 g/mol. The summed E-state index contributed by atoms with van der Waals surface area (Å²) in [6.45, 7) is 0. The number of benzene rings is 2. The van der Waals surface area contributed by atoms with Crippen LogP contribution >= 0.6 is 0 Å². The molecule has 3 aromatic rings. The third kappa shape index (κ3) is 1.95. The van der Waals surface area contributed by atoms with Gasteiger partial charge in [-0.25, -0.2) is 4.79 Å². The molecule has 3 rings (SSSR count). The van der Waals surface area contributed by atoms with Crippen LogP contribution < -0.4 is 5.63 Å². The van der Waals surface area contributed by atoms with E-state index in [4.69, 9.17) is 4.42 Å². The van der Waals surface area contributed by atoms with E-state index in [0.717, 1.165) is 0 Å². The standard InChI is InChI=1S/C15H10O5/c16-10-3-1-8(2-4-10)11-5-9-6-12(17)13(18)7-14(9)20-15(11)19/h1-7,16-18H. The Hall–Kier alpha value is -2.95. The molecule has 0 aliphatic rings. The summed E-state index contributed by atoms with van der Waals surface area (Å²) in [5, 5.41) is 28.6. The number of hydrogen-bond donors (Lipinski definition) is 3. The van der Waals surface area contributed by atoms with E-state index in [1.807, 2.05) is 0 Å². The molecule has 3 N–H and O–H groups in total. The smallest absolute Gasteiger partial charge is 0.344 e. The van der Waals surface area contributed by atoms with Gasteiger partial charge in [-0.15, -0.1) is 0 Å². The largest absolute Gasteiger partial charge is 0.508 e. The van der Waals surface area contributed by atoms with E-state index in [1.54, 1.807) is 18.2 Å². The minimum absolute atomic E-state index is 0.0986. The Morgan fingerprint density at radius 1 is 0.850 bits per heavy atom. The van der Waals surface area contributed by atoms with Gasteiger partial charge in [-0.2, -0.15) is 0 Å². The molecule has 0 saturated heterocycles. The van der Waals surface area contributed by atoms with Crippen LogP contribution in [0, 0.1) is 0 Å². The molecular formula is C15H10O5. The molecule has 1 aromatic heterocycles. The van der Waals surface area contributed by atoms with Crippen LogP contribution in [-0.2, 0) is 0 Å². The van der Waals surface area contributed by atoms with Gasteiger partial charge in [0.05, 0.1) is 5.56 Å². The molecule has 0 unspecified atom stereocenters. The Balaban J connectivity index is 2.26. The molecule has 0 fully saturated rings. The second kappa shape index (κ2) is 4.31. The van der Waals surface area contributed by atoms with Crippen LogP contribution in [0.2, 0.25) is 0 Å². The van der Waals surface area contributed by atoms with E-state index in [0.29, 0.717) is 16.5 Å². The van der Waals surface area contributed by atoms with Gasteiger partial charge in [0, 0.05) is 11.5 Å². The van der Waals surface area contributed by atoms with Crippen LogP contribution in [0.4, 0.5) is 0 Å².